The zero-order valence-corrected chi connectivity index (χ0v) is 28.1. The van der Waals surface area contributed by atoms with Crippen molar-refractivity contribution in [3.8, 4) is 11.1 Å². The van der Waals surface area contributed by atoms with Crippen LogP contribution in [-0.4, -0.2) is 95.6 Å². The van der Waals surface area contributed by atoms with Crippen LogP contribution in [0.4, 0.5) is 21.8 Å². The van der Waals surface area contributed by atoms with E-state index in [0.717, 1.165) is 93.6 Å². The number of aryl methyl sites for hydroxylation is 1. The number of carbonyl (C=O) groups is 2. The number of piperidine rings is 2. The SMILES string of the molecule is CC(=O)N1CCc2c(c(Nc3ccc(-c4cnn(C)c4)cc3F)nn2C2CCN(CCC3CCN(c4ncc(C(=O)O)cn4)CC3)CC2)C1. The molecule has 13 nitrogen and oxygen atoms in total. The van der Waals surface area contributed by atoms with Gasteiger partial charge in [-0.2, -0.15) is 10.2 Å². The van der Waals surface area contributed by atoms with Crippen molar-refractivity contribution in [3.05, 3.63) is 65.6 Å². The molecule has 1 amide bonds. The van der Waals surface area contributed by atoms with E-state index in [2.05, 4.69) is 34.9 Å². The number of aromatic nitrogens is 6. The second-order valence-electron chi connectivity index (χ2n) is 13.5. The molecule has 49 heavy (non-hydrogen) atoms. The maximum absolute atomic E-state index is 15.4. The first-order valence-corrected chi connectivity index (χ1v) is 17.2. The minimum Gasteiger partial charge on any atom is -0.478 e. The largest absolute Gasteiger partial charge is 0.478 e. The zero-order chi connectivity index (χ0) is 34.1. The third-order valence-corrected chi connectivity index (χ3v) is 10.3. The highest BCUT2D eigenvalue weighted by molar-refractivity contribution is 5.86. The third kappa shape index (κ3) is 7.14. The van der Waals surface area contributed by atoms with Gasteiger partial charge in [0.1, 0.15) is 5.82 Å². The Morgan fingerprint density at radius 2 is 1.76 bits per heavy atom. The molecule has 2 fully saturated rings. The van der Waals surface area contributed by atoms with Crippen molar-refractivity contribution in [3.63, 3.8) is 0 Å². The number of aromatic carboxylic acids is 1. The lowest BCUT2D eigenvalue weighted by Crippen LogP contribution is -2.39. The number of anilines is 3. The lowest BCUT2D eigenvalue weighted by Gasteiger charge is -2.36. The van der Waals surface area contributed by atoms with Crippen LogP contribution in [-0.2, 0) is 24.8 Å². The highest BCUT2D eigenvalue weighted by Crippen LogP contribution is 2.35. The Morgan fingerprint density at radius 1 is 1.00 bits per heavy atom. The van der Waals surface area contributed by atoms with Crippen molar-refractivity contribution < 1.29 is 19.1 Å². The molecule has 2 N–H and O–H groups in total. The van der Waals surface area contributed by atoms with Gasteiger partial charge in [0.05, 0.1) is 30.0 Å². The second kappa shape index (κ2) is 13.9. The van der Waals surface area contributed by atoms with Crippen molar-refractivity contribution >= 4 is 29.3 Å². The fourth-order valence-electron chi connectivity index (χ4n) is 7.38. The van der Waals surface area contributed by atoms with Gasteiger partial charge in [-0.25, -0.2) is 19.2 Å². The van der Waals surface area contributed by atoms with Crippen LogP contribution in [0.2, 0.25) is 0 Å². The summed E-state index contributed by atoms with van der Waals surface area (Å²) in [5.74, 6) is 0.497. The number of carbonyl (C=O) groups excluding carboxylic acids is 1. The monoisotopic (exact) mass is 670 g/mol. The average molecular weight is 671 g/mol. The van der Waals surface area contributed by atoms with Gasteiger partial charge in [0.2, 0.25) is 11.9 Å². The molecule has 0 spiro atoms. The first kappa shape index (κ1) is 32.7. The van der Waals surface area contributed by atoms with Crippen molar-refractivity contribution in [2.24, 2.45) is 13.0 Å². The van der Waals surface area contributed by atoms with Gasteiger partial charge in [-0.3, -0.25) is 14.2 Å². The van der Waals surface area contributed by atoms with Gasteiger partial charge in [-0.05, 0) is 62.3 Å². The number of fused-ring (bicyclic) bond motifs is 1. The Bertz CT molecular complexity index is 1810. The van der Waals surface area contributed by atoms with Crippen molar-refractivity contribution in [1.29, 1.82) is 0 Å². The van der Waals surface area contributed by atoms with Crippen LogP contribution in [0.5, 0.6) is 0 Å². The van der Waals surface area contributed by atoms with E-state index in [1.807, 2.05) is 24.2 Å². The van der Waals surface area contributed by atoms with Crippen LogP contribution in [0, 0.1) is 11.7 Å². The third-order valence-electron chi connectivity index (χ3n) is 10.3. The molecule has 258 valence electrons. The predicted octanol–water partition coefficient (Wildman–Crippen LogP) is 4.50. The Hall–Kier alpha value is -4.85. The summed E-state index contributed by atoms with van der Waals surface area (Å²) in [5, 5.41) is 21.6. The van der Waals surface area contributed by atoms with Crippen LogP contribution in [0.25, 0.3) is 11.1 Å². The predicted molar refractivity (Wildman–Crippen MR) is 182 cm³/mol. The Balaban J connectivity index is 0.963. The lowest BCUT2D eigenvalue weighted by molar-refractivity contribution is -0.129. The number of likely N-dealkylation sites (tertiary alicyclic amines) is 1. The number of halogens is 1. The lowest BCUT2D eigenvalue weighted by atomic mass is 9.93. The molecule has 0 aliphatic carbocycles. The summed E-state index contributed by atoms with van der Waals surface area (Å²) < 4.78 is 19.2. The van der Waals surface area contributed by atoms with E-state index in [1.54, 1.807) is 23.9 Å². The Kier molecular flexibility index (Phi) is 9.30. The van der Waals surface area contributed by atoms with E-state index in [0.29, 0.717) is 36.5 Å². The highest BCUT2D eigenvalue weighted by Gasteiger charge is 2.31. The fraction of sp³-hybridized carbons (Fsp3) is 0.486. The molecule has 3 aliphatic heterocycles. The van der Waals surface area contributed by atoms with Gasteiger partial charge in [-0.15, -0.1) is 0 Å². The topological polar surface area (TPSA) is 138 Å². The molecule has 0 bridgehead atoms. The summed E-state index contributed by atoms with van der Waals surface area (Å²) in [6.45, 7) is 7.50. The molecule has 7 rings (SSSR count). The molecule has 0 unspecified atom stereocenters. The zero-order valence-electron chi connectivity index (χ0n) is 28.1. The number of nitrogens with one attached hydrogen (secondary N) is 1. The first-order chi connectivity index (χ1) is 23.7. The summed E-state index contributed by atoms with van der Waals surface area (Å²) in [5.41, 5.74) is 4.16. The molecule has 3 aromatic heterocycles. The number of hydrogen-bond donors (Lipinski definition) is 2. The number of benzene rings is 1. The summed E-state index contributed by atoms with van der Waals surface area (Å²) in [4.78, 5) is 38.5. The molecular formula is C35H43FN10O3. The number of rotatable bonds is 9. The molecule has 2 saturated heterocycles. The molecule has 0 saturated carbocycles. The molecule has 4 aromatic rings. The van der Waals surface area contributed by atoms with Gasteiger partial charge in [-0.1, -0.05) is 6.07 Å². The second-order valence-corrected chi connectivity index (χ2v) is 13.5. The highest BCUT2D eigenvalue weighted by atomic mass is 19.1. The van der Waals surface area contributed by atoms with Gasteiger partial charge in [0.25, 0.3) is 0 Å². The van der Waals surface area contributed by atoms with Crippen molar-refractivity contribution in [2.75, 3.05) is 49.5 Å². The van der Waals surface area contributed by atoms with Crippen LogP contribution in [0.15, 0.2) is 43.0 Å². The number of amides is 1. The van der Waals surface area contributed by atoms with Gasteiger partial charge in [0.15, 0.2) is 5.82 Å². The number of nitrogens with zero attached hydrogens (tertiary/aromatic N) is 9. The first-order valence-electron chi connectivity index (χ1n) is 17.2. The smallest absolute Gasteiger partial charge is 0.338 e. The molecule has 0 atom stereocenters. The minimum atomic E-state index is -1.02. The molecule has 1 aromatic carbocycles. The van der Waals surface area contributed by atoms with Gasteiger partial charge in [0, 0.05) is 88.5 Å². The van der Waals surface area contributed by atoms with Gasteiger partial charge < -0.3 is 25.1 Å². The van der Waals surface area contributed by atoms with E-state index >= 15 is 4.39 Å². The quantitative estimate of drug-likeness (QED) is 0.262. The molecule has 6 heterocycles. The summed E-state index contributed by atoms with van der Waals surface area (Å²) >= 11 is 0. The maximum Gasteiger partial charge on any atom is 0.338 e. The molecule has 3 aliphatic rings. The molecular weight excluding hydrogens is 627 g/mol. The van der Waals surface area contributed by atoms with Crippen LogP contribution >= 0.6 is 0 Å². The fourth-order valence-corrected chi connectivity index (χ4v) is 7.38. The van der Waals surface area contributed by atoms with E-state index in [4.69, 9.17) is 10.2 Å². The normalized spacial score (nSPS) is 17.7. The number of hydrogen-bond acceptors (Lipinski definition) is 9. The molecule has 0 radical (unpaired) electrons. The van der Waals surface area contributed by atoms with E-state index in [9.17, 15) is 9.59 Å². The standard InChI is InChI=1S/C35H43FN10O3/c1-23(47)45-16-10-32-29(22-45)33(40-31-4-3-25(17-30(31)36)27-20-39-42(2)21-27)41-46(32)28-8-12-43(13-9-28)11-5-24-6-14-44(15-7-24)35-37-18-26(19-38-35)34(48)49/h3-4,17-21,24,28H,5-16,22H2,1-2H3,(H,40,41)(H,48,49). The maximum atomic E-state index is 15.4. The van der Waals surface area contributed by atoms with Gasteiger partial charge >= 0.3 is 5.97 Å². The Morgan fingerprint density at radius 3 is 2.41 bits per heavy atom. The van der Waals surface area contributed by atoms with Crippen molar-refractivity contribution in [2.45, 2.75) is 58.0 Å². The average Bonchev–Trinajstić information content (AvgIpc) is 3.72. The summed E-state index contributed by atoms with van der Waals surface area (Å²) in [6.07, 6.45) is 12.3. The van der Waals surface area contributed by atoms with Crippen LogP contribution in [0.3, 0.4) is 0 Å². The van der Waals surface area contributed by atoms with Crippen molar-refractivity contribution in [1.82, 2.24) is 39.3 Å². The Labute approximate surface area is 284 Å². The van der Waals surface area contributed by atoms with Crippen LogP contribution in [0.1, 0.15) is 66.7 Å². The van der Waals surface area contributed by atoms with E-state index < -0.39 is 5.97 Å². The van der Waals surface area contributed by atoms with Crippen LogP contribution < -0.4 is 10.2 Å². The van der Waals surface area contributed by atoms with E-state index in [-0.39, 0.29) is 23.3 Å². The van der Waals surface area contributed by atoms with E-state index in [1.165, 1.54) is 18.5 Å². The minimum absolute atomic E-state index is 0.0260. The summed E-state index contributed by atoms with van der Waals surface area (Å²) in [7, 11) is 1.83. The number of carboxylic acid groups (broad SMARTS) is 1. The number of carboxylic acids is 1. The molecule has 14 heteroatoms. The summed E-state index contributed by atoms with van der Waals surface area (Å²) in [6, 6.07) is 5.38.